The highest BCUT2D eigenvalue weighted by atomic mass is 16.7. The summed E-state index contributed by atoms with van der Waals surface area (Å²) in [5.41, 5.74) is -1.65. The Hall–Kier alpha value is -2.12. The molecule has 1 saturated carbocycles. The zero-order valence-corrected chi connectivity index (χ0v) is 15.0. The van der Waals surface area contributed by atoms with Crippen LogP contribution in [0.5, 0.6) is 0 Å². The first-order valence-electron chi connectivity index (χ1n) is 9.33. The van der Waals surface area contributed by atoms with Crippen LogP contribution in [0.2, 0.25) is 0 Å². The Morgan fingerprint density at radius 3 is 2.74 bits per heavy atom. The summed E-state index contributed by atoms with van der Waals surface area (Å²) in [7, 11) is 0. The van der Waals surface area contributed by atoms with E-state index in [0.29, 0.717) is 18.4 Å². The maximum Gasteiger partial charge on any atom is 0.342 e. The van der Waals surface area contributed by atoms with Gasteiger partial charge in [-0.3, -0.25) is 0 Å². The second-order valence-electron chi connectivity index (χ2n) is 8.95. The van der Waals surface area contributed by atoms with Gasteiger partial charge in [0.1, 0.15) is 24.4 Å². The Kier molecular flexibility index (Phi) is 2.63. The molecule has 142 valence electrons. The molecule has 7 nitrogen and oxygen atoms in total. The van der Waals surface area contributed by atoms with Gasteiger partial charge in [0.2, 0.25) is 0 Å². The molecule has 0 aromatic carbocycles. The number of cyclic esters (lactones) is 1. The minimum absolute atomic E-state index is 0.237. The van der Waals surface area contributed by atoms with Gasteiger partial charge < -0.3 is 23.7 Å². The third kappa shape index (κ3) is 1.59. The van der Waals surface area contributed by atoms with Crippen LogP contribution in [0, 0.1) is 16.7 Å². The van der Waals surface area contributed by atoms with Crippen LogP contribution in [0.4, 0.5) is 0 Å². The van der Waals surface area contributed by atoms with Gasteiger partial charge in [-0.25, -0.2) is 9.59 Å². The smallest absolute Gasteiger partial charge is 0.342 e. The Labute approximate surface area is 155 Å². The van der Waals surface area contributed by atoms with Crippen molar-refractivity contribution in [2.45, 2.75) is 56.7 Å². The number of allylic oxidation sites excluding steroid dienone is 1. The van der Waals surface area contributed by atoms with Gasteiger partial charge in [0.15, 0.2) is 5.60 Å². The predicted molar refractivity (Wildman–Crippen MR) is 88.1 cm³/mol. The van der Waals surface area contributed by atoms with E-state index >= 15 is 0 Å². The standard InChI is InChI=1S/C20H20O7/c1-18-7-11(9-4-6-24-8-9)25-16(21)10(18)3-5-19(2)14(18)12-13-15(26-13)20(19,23)17(22)27-12/h3-4,6,8,11-15,23H,5,7H2,1-2H3/t11-,12+,13+,14+,15+,18-,19-,20+/m0/s1. The first-order chi connectivity index (χ1) is 12.8. The van der Waals surface area contributed by atoms with E-state index in [4.69, 9.17) is 18.6 Å². The molecule has 0 spiro atoms. The van der Waals surface area contributed by atoms with Gasteiger partial charge in [0.05, 0.1) is 12.5 Å². The Morgan fingerprint density at radius 2 is 2.00 bits per heavy atom. The fourth-order valence-electron chi connectivity index (χ4n) is 6.40. The lowest BCUT2D eigenvalue weighted by molar-refractivity contribution is -0.258. The summed E-state index contributed by atoms with van der Waals surface area (Å²) in [6, 6.07) is 1.79. The minimum atomic E-state index is -1.69. The van der Waals surface area contributed by atoms with E-state index in [0.717, 1.165) is 5.56 Å². The van der Waals surface area contributed by atoms with Gasteiger partial charge in [0, 0.05) is 27.9 Å². The van der Waals surface area contributed by atoms with Crippen LogP contribution in [-0.2, 0) is 23.8 Å². The number of carbonyl (C=O) groups excluding carboxylic acids is 2. The molecule has 5 heterocycles. The Bertz CT molecular complexity index is 903. The van der Waals surface area contributed by atoms with Gasteiger partial charge in [-0.2, -0.15) is 0 Å². The highest BCUT2D eigenvalue weighted by Crippen LogP contribution is 2.70. The number of epoxide rings is 1. The van der Waals surface area contributed by atoms with E-state index < -0.39 is 40.7 Å². The van der Waals surface area contributed by atoms with Gasteiger partial charge >= 0.3 is 11.9 Å². The van der Waals surface area contributed by atoms with Gasteiger partial charge in [-0.15, -0.1) is 0 Å². The summed E-state index contributed by atoms with van der Waals surface area (Å²) < 4.78 is 22.2. The maximum absolute atomic E-state index is 12.8. The van der Waals surface area contributed by atoms with Crippen molar-refractivity contribution in [3.63, 3.8) is 0 Å². The molecule has 1 aromatic rings. The molecule has 7 heteroatoms. The molecular formula is C20H20O7. The van der Waals surface area contributed by atoms with Crippen molar-refractivity contribution in [2.75, 3.05) is 0 Å². The number of hydrogen-bond donors (Lipinski definition) is 1. The van der Waals surface area contributed by atoms with Crippen molar-refractivity contribution in [1.29, 1.82) is 0 Å². The number of hydrogen-bond acceptors (Lipinski definition) is 7. The topological polar surface area (TPSA) is 98.5 Å². The SMILES string of the molecule is C[C@]12C[C@@H](c3ccoc3)OC(=O)C1=CC[C@@]1(C)[C@@H]2[C@@H]2OC(=O)[C@]1(O)[C@@H]1O[C@H]21. The minimum Gasteiger partial charge on any atom is -0.472 e. The van der Waals surface area contributed by atoms with E-state index in [1.807, 2.05) is 19.9 Å². The van der Waals surface area contributed by atoms with Crippen molar-refractivity contribution in [3.8, 4) is 0 Å². The molecule has 8 atom stereocenters. The van der Waals surface area contributed by atoms with Gasteiger partial charge in [-0.1, -0.05) is 19.9 Å². The average molecular weight is 372 g/mol. The zero-order chi connectivity index (χ0) is 18.8. The molecule has 1 N–H and O–H groups in total. The number of fused-ring (bicyclic) bond motifs is 2. The van der Waals surface area contributed by atoms with Crippen molar-refractivity contribution in [3.05, 3.63) is 35.8 Å². The lowest BCUT2D eigenvalue weighted by atomic mass is 9.43. The lowest BCUT2D eigenvalue weighted by Crippen LogP contribution is -2.75. The summed E-state index contributed by atoms with van der Waals surface area (Å²) in [6.07, 6.45) is 4.20. The van der Waals surface area contributed by atoms with Crippen molar-refractivity contribution in [1.82, 2.24) is 0 Å². The summed E-state index contributed by atoms with van der Waals surface area (Å²) in [6.45, 7) is 3.94. The zero-order valence-electron chi connectivity index (χ0n) is 15.0. The number of furan rings is 1. The molecule has 0 radical (unpaired) electrons. The van der Waals surface area contributed by atoms with E-state index in [1.165, 1.54) is 0 Å². The van der Waals surface area contributed by atoms with Crippen LogP contribution in [-0.4, -0.2) is 41.0 Å². The van der Waals surface area contributed by atoms with Crippen molar-refractivity contribution < 1.29 is 33.3 Å². The normalized spacial score (nSPS) is 52.1. The highest BCUT2D eigenvalue weighted by Gasteiger charge is 2.83. The number of esters is 2. The number of aliphatic hydroxyl groups is 1. The predicted octanol–water partition coefficient (Wildman–Crippen LogP) is 1.66. The molecule has 0 unspecified atom stereocenters. The summed E-state index contributed by atoms with van der Waals surface area (Å²) in [5.74, 6) is -1.20. The average Bonchev–Trinajstić information content (AvgIpc) is 3.24. The number of carbonyl (C=O) groups is 2. The van der Waals surface area contributed by atoms with Crippen LogP contribution < -0.4 is 0 Å². The van der Waals surface area contributed by atoms with Crippen LogP contribution in [0.1, 0.15) is 38.4 Å². The number of ether oxygens (including phenoxy) is 3. The Morgan fingerprint density at radius 1 is 1.19 bits per heavy atom. The molecule has 2 aliphatic carbocycles. The molecule has 2 bridgehead atoms. The van der Waals surface area contributed by atoms with Gasteiger partial charge in [-0.05, 0) is 18.9 Å². The van der Waals surface area contributed by atoms with E-state index in [2.05, 4.69) is 0 Å². The fraction of sp³-hybridized carbons (Fsp3) is 0.600. The molecule has 4 aliphatic heterocycles. The monoisotopic (exact) mass is 372 g/mol. The maximum atomic E-state index is 12.8. The van der Waals surface area contributed by atoms with Crippen LogP contribution in [0.3, 0.4) is 0 Å². The second kappa shape index (κ2) is 4.47. The number of rotatable bonds is 1. The highest BCUT2D eigenvalue weighted by molar-refractivity contribution is 5.92. The van der Waals surface area contributed by atoms with E-state index in [-0.39, 0.29) is 18.0 Å². The largest absolute Gasteiger partial charge is 0.472 e. The van der Waals surface area contributed by atoms with Crippen LogP contribution in [0.25, 0.3) is 0 Å². The molecule has 4 saturated heterocycles. The second-order valence-corrected chi connectivity index (χ2v) is 8.95. The molecule has 1 aromatic heterocycles. The van der Waals surface area contributed by atoms with E-state index in [9.17, 15) is 14.7 Å². The van der Waals surface area contributed by atoms with Crippen LogP contribution >= 0.6 is 0 Å². The molecule has 6 aliphatic rings. The summed E-state index contributed by atoms with van der Waals surface area (Å²) in [4.78, 5) is 25.4. The summed E-state index contributed by atoms with van der Waals surface area (Å²) >= 11 is 0. The third-order valence-corrected chi connectivity index (χ3v) is 7.73. The lowest BCUT2D eigenvalue weighted by Gasteiger charge is -2.63. The molecule has 27 heavy (non-hydrogen) atoms. The van der Waals surface area contributed by atoms with Crippen molar-refractivity contribution >= 4 is 11.9 Å². The molecular weight excluding hydrogens is 352 g/mol. The quantitative estimate of drug-likeness (QED) is 0.591. The molecule has 0 amide bonds. The van der Waals surface area contributed by atoms with E-state index in [1.54, 1.807) is 18.6 Å². The first kappa shape index (κ1) is 15.9. The van der Waals surface area contributed by atoms with Gasteiger partial charge in [0.25, 0.3) is 0 Å². The fourth-order valence-corrected chi connectivity index (χ4v) is 6.40. The van der Waals surface area contributed by atoms with Crippen LogP contribution in [0.15, 0.2) is 34.7 Å². The molecule has 7 rings (SSSR count). The molecule has 5 fully saturated rings. The Balaban J connectivity index is 1.51. The summed E-state index contributed by atoms with van der Waals surface area (Å²) in [5, 5.41) is 11.4. The first-order valence-corrected chi connectivity index (χ1v) is 9.33. The third-order valence-electron chi connectivity index (χ3n) is 7.73. The van der Waals surface area contributed by atoms with Crippen molar-refractivity contribution in [2.24, 2.45) is 16.7 Å².